The Hall–Kier alpha value is -1.63. The summed E-state index contributed by atoms with van der Waals surface area (Å²) in [6.07, 6.45) is 2.49. The van der Waals surface area contributed by atoms with Gasteiger partial charge >= 0.3 is 6.09 Å². The molecule has 1 aliphatic heterocycles. The molecule has 2 heterocycles. The average Bonchev–Trinajstić information content (AvgIpc) is 2.83. The van der Waals surface area contributed by atoms with Crippen molar-refractivity contribution in [3.63, 3.8) is 0 Å². The number of likely N-dealkylation sites (tertiary alicyclic amines) is 1. The van der Waals surface area contributed by atoms with E-state index in [0.717, 1.165) is 18.8 Å². The summed E-state index contributed by atoms with van der Waals surface area (Å²) in [4.78, 5) is 18.4. The maximum atomic E-state index is 12.3. The molecule has 7 heteroatoms. The second-order valence-corrected chi connectivity index (χ2v) is 7.59. The van der Waals surface area contributed by atoms with E-state index in [1.165, 1.54) is 0 Å². The van der Waals surface area contributed by atoms with Crippen LogP contribution in [-0.2, 0) is 11.8 Å². The molecule has 130 valence electrons. The lowest BCUT2D eigenvalue weighted by atomic mass is 9.95. The molecule has 1 saturated heterocycles. The number of piperidine rings is 1. The normalized spacial score (nSPS) is 23.7. The molecule has 2 rings (SSSR count). The van der Waals surface area contributed by atoms with E-state index in [1.807, 2.05) is 34.7 Å². The van der Waals surface area contributed by atoms with Crippen molar-refractivity contribution < 1.29 is 9.53 Å². The van der Waals surface area contributed by atoms with Crippen molar-refractivity contribution in [1.29, 1.82) is 0 Å². The van der Waals surface area contributed by atoms with E-state index in [9.17, 15) is 4.79 Å². The standard InChI is InChI=1S/C16H29N5O2/c1-11-7-13(18-12(2)14-17-10-20(6)19-14)9-21(8-11)15(22)23-16(3,4)5/h10-13,18H,7-9H2,1-6H3. The third-order valence-electron chi connectivity index (χ3n) is 3.80. The number of carbonyl (C=O) groups excluding carboxylic acids is 1. The van der Waals surface area contributed by atoms with Gasteiger partial charge in [-0.3, -0.25) is 4.68 Å². The van der Waals surface area contributed by atoms with E-state index in [2.05, 4.69) is 22.3 Å². The van der Waals surface area contributed by atoms with E-state index in [-0.39, 0.29) is 18.2 Å². The van der Waals surface area contributed by atoms with E-state index in [0.29, 0.717) is 12.5 Å². The molecule has 1 aromatic heterocycles. The van der Waals surface area contributed by atoms with Gasteiger partial charge in [0.05, 0.1) is 6.04 Å². The molecule has 23 heavy (non-hydrogen) atoms. The van der Waals surface area contributed by atoms with E-state index < -0.39 is 5.60 Å². The zero-order valence-electron chi connectivity index (χ0n) is 15.0. The van der Waals surface area contributed by atoms with Gasteiger partial charge in [-0.25, -0.2) is 9.78 Å². The second-order valence-electron chi connectivity index (χ2n) is 7.59. The van der Waals surface area contributed by atoms with E-state index in [1.54, 1.807) is 15.9 Å². The molecule has 1 amide bonds. The van der Waals surface area contributed by atoms with Crippen molar-refractivity contribution in [1.82, 2.24) is 25.0 Å². The SMILES string of the molecule is CC1CC(NC(C)c2ncn(C)n2)CN(C(=O)OC(C)(C)C)C1. The fourth-order valence-electron chi connectivity index (χ4n) is 2.93. The summed E-state index contributed by atoms with van der Waals surface area (Å²) in [5.41, 5.74) is -0.466. The molecular weight excluding hydrogens is 294 g/mol. The van der Waals surface area contributed by atoms with Crippen LogP contribution >= 0.6 is 0 Å². The van der Waals surface area contributed by atoms with Crippen molar-refractivity contribution in [2.45, 2.75) is 58.7 Å². The van der Waals surface area contributed by atoms with Crippen LogP contribution in [0.4, 0.5) is 4.79 Å². The molecule has 3 atom stereocenters. The molecule has 1 aliphatic rings. The monoisotopic (exact) mass is 323 g/mol. The topological polar surface area (TPSA) is 72.3 Å². The van der Waals surface area contributed by atoms with E-state index in [4.69, 9.17) is 4.74 Å². The maximum Gasteiger partial charge on any atom is 0.410 e. The van der Waals surface area contributed by atoms with Gasteiger partial charge in [-0.2, -0.15) is 5.10 Å². The second kappa shape index (κ2) is 6.86. The first-order chi connectivity index (χ1) is 10.6. The van der Waals surface area contributed by atoms with Gasteiger partial charge in [-0.15, -0.1) is 0 Å². The predicted octanol–water partition coefficient (Wildman–Crippen LogP) is 2.11. The van der Waals surface area contributed by atoms with Crippen LogP contribution in [0, 0.1) is 5.92 Å². The Bertz CT molecular complexity index is 537. The van der Waals surface area contributed by atoms with Gasteiger partial charge in [0.1, 0.15) is 11.9 Å². The zero-order chi connectivity index (χ0) is 17.2. The fraction of sp³-hybridized carbons (Fsp3) is 0.812. The summed E-state index contributed by atoms with van der Waals surface area (Å²) in [6.45, 7) is 11.3. The first kappa shape index (κ1) is 17.7. The third-order valence-corrected chi connectivity index (χ3v) is 3.80. The number of rotatable bonds is 3. The number of aryl methyl sites for hydroxylation is 1. The van der Waals surface area contributed by atoms with Crippen LogP contribution in [0.1, 0.15) is 52.9 Å². The minimum atomic E-state index is -0.466. The van der Waals surface area contributed by atoms with Crippen molar-refractivity contribution in [2.24, 2.45) is 13.0 Å². The fourth-order valence-corrected chi connectivity index (χ4v) is 2.93. The van der Waals surface area contributed by atoms with Crippen molar-refractivity contribution >= 4 is 6.09 Å². The summed E-state index contributed by atoms with van der Waals surface area (Å²) in [5.74, 6) is 1.20. The number of nitrogens with zero attached hydrogens (tertiary/aromatic N) is 4. The number of hydrogen-bond donors (Lipinski definition) is 1. The minimum absolute atomic E-state index is 0.0481. The Kier molecular flexibility index (Phi) is 5.29. The molecule has 0 saturated carbocycles. The lowest BCUT2D eigenvalue weighted by Gasteiger charge is -2.38. The van der Waals surface area contributed by atoms with Gasteiger partial charge in [0.2, 0.25) is 0 Å². The predicted molar refractivity (Wildman–Crippen MR) is 87.9 cm³/mol. The van der Waals surface area contributed by atoms with Crippen LogP contribution in [0.15, 0.2) is 6.33 Å². The summed E-state index contributed by atoms with van der Waals surface area (Å²) >= 11 is 0. The third kappa shape index (κ3) is 5.20. The number of carbonyl (C=O) groups is 1. The van der Waals surface area contributed by atoms with Crippen LogP contribution in [0.25, 0.3) is 0 Å². The van der Waals surface area contributed by atoms with Crippen LogP contribution in [0.3, 0.4) is 0 Å². The number of nitrogens with one attached hydrogen (secondary N) is 1. The summed E-state index contributed by atoms with van der Waals surface area (Å²) < 4.78 is 7.20. The molecule has 0 aliphatic carbocycles. The summed E-state index contributed by atoms with van der Waals surface area (Å²) in [5, 5.41) is 7.87. The van der Waals surface area contributed by atoms with Gasteiger partial charge in [0.25, 0.3) is 0 Å². The highest BCUT2D eigenvalue weighted by atomic mass is 16.6. The minimum Gasteiger partial charge on any atom is -0.444 e. The molecule has 0 spiro atoms. The first-order valence-corrected chi connectivity index (χ1v) is 8.23. The number of ether oxygens (including phenoxy) is 1. The highest BCUT2D eigenvalue weighted by Gasteiger charge is 2.31. The van der Waals surface area contributed by atoms with Crippen LogP contribution in [0.2, 0.25) is 0 Å². The average molecular weight is 323 g/mol. The Balaban J connectivity index is 1.96. The lowest BCUT2D eigenvalue weighted by Crippen LogP contribution is -2.52. The smallest absolute Gasteiger partial charge is 0.410 e. The Morgan fingerprint density at radius 1 is 1.43 bits per heavy atom. The van der Waals surface area contributed by atoms with Crippen LogP contribution in [-0.4, -0.2) is 50.5 Å². The van der Waals surface area contributed by atoms with Crippen LogP contribution < -0.4 is 5.32 Å². The number of aromatic nitrogens is 3. The molecule has 1 aromatic rings. The molecule has 3 unspecified atom stereocenters. The Morgan fingerprint density at radius 2 is 2.13 bits per heavy atom. The summed E-state index contributed by atoms with van der Waals surface area (Å²) in [6, 6.07) is 0.261. The first-order valence-electron chi connectivity index (χ1n) is 8.23. The summed E-state index contributed by atoms with van der Waals surface area (Å²) in [7, 11) is 1.86. The van der Waals surface area contributed by atoms with Gasteiger partial charge < -0.3 is 15.0 Å². The zero-order valence-corrected chi connectivity index (χ0v) is 15.0. The van der Waals surface area contributed by atoms with Crippen LogP contribution in [0.5, 0.6) is 0 Å². The molecule has 0 aromatic carbocycles. The van der Waals surface area contributed by atoms with Crippen molar-refractivity contribution in [3.05, 3.63) is 12.2 Å². The largest absolute Gasteiger partial charge is 0.444 e. The van der Waals surface area contributed by atoms with Crippen molar-refractivity contribution in [2.75, 3.05) is 13.1 Å². The molecule has 1 fully saturated rings. The number of amides is 1. The Morgan fingerprint density at radius 3 is 2.70 bits per heavy atom. The van der Waals surface area contributed by atoms with Gasteiger partial charge in [-0.1, -0.05) is 6.92 Å². The van der Waals surface area contributed by atoms with Crippen molar-refractivity contribution in [3.8, 4) is 0 Å². The molecule has 0 bridgehead atoms. The molecule has 0 radical (unpaired) electrons. The van der Waals surface area contributed by atoms with E-state index >= 15 is 0 Å². The highest BCUT2D eigenvalue weighted by molar-refractivity contribution is 5.68. The molecular formula is C16H29N5O2. The highest BCUT2D eigenvalue weighted by Crippen LogP contribution is 2.21. The lowest BCUT2D eigenvalue weighted by molar-refractivity contribution is 0.0132. The maximum absolute atomic E-state index is 12.3. The van der Waals surface area contributed by atoms with Gasteiger partial charge in [-0.05, 0) is 40.0 Å². The quantitative estimate of drug-likeness (QED) is 0.922. The van der Waals surface area contributed by atoms with Gasteiger partial charge in [0.15, 0.2) is 5.82 Å². The Labute approximate surface area is 138 Å². The van der Waals surface area contributed by atoms with Gasteiger partial charge in [0, 0.05) is 26.2 Å². The number of hydrogen-bond acceptors (Lipinski definition) is 5. The molecule has 1 N–H and O–H groups in total. The molecule has 7 nitrogen and oxygen atoms in total.